The molecule has 0 fully saturated rings. The van der Waals surface area contributed by atoms with Gasteiger partial charge in [-0.25, -0.2) is 0 Å². The van der Waals surface area contributed by atoms with Crippen LogP contribution in [-0.2, 0) is 18.0 Å². The van der Waals surface area contributed by atoms with Gasteiger partial charge in [-0.1, -0.05) is 45.7 Å². The van der Waals surface area contributed by atoms with E-state index in [9.17, 15) is 0 Å². The molecule has 0 spiro atoms. The van der Waals surface area contributed by atoms with E-state index in [0.29, 0.717) is 6.61 Å². The molecule has 20 heavy (non-hydrogen) atoms. The van der Waals surface area contributed by atoms with Gasteiger partial charge in [-0.05, 0) is 47.5 Å². The molecule has 104 valence electrons. The van der Waals surface area contributed by atoms with Crippen molar-refractivity contribution in [3.63, 3.8) is 0 Å². The van der Waals surface area contributed by atoms with E-state index in [1.165, 1.54) is 16.7 Å². The monoisotopic (exact) mass is 351 g/mol. The zero-order valence-corrected chi connectivity index (χ0v) is 13.5. The highest BCUT2D eigenvalue weighted by Gasteiger charge is 2.18. The van der Waals surface area contributed by atoms with E-state index in [1.807, 2.05) is 25.2 Å². The average Bonchev–Trinajstić information content (AvgIpc) is 2.91. The van der Waals surface area contributed by atoms with E-state index in [1.54, 1.807) is 0 Å². The molecule has 0 saturated heterocycles. The zero-order chi connectivity index (χ0) is 14.1. The van der Waals surface area contributed by atoms with E-state index in [2.05, 4.69) is 39.4 Å². The number of ether oxygens (including phenoxy) is 1. The lowest BCUT2D eigenvalue weighted by atomic mass is 9.96. The Morgan fingerprint density at radius 1 is 1.15 bits per heavy atom. The number of halogens is 2. The largest absolute Gasteiger partial charge is 0.372 e. The number of fused-ring (bicyclic) bond motifs is 1. The predicted octanol–water partition coefficient (Wildman–Crippen LogP) is 4.44. The van der Waals surface area contributed by atoms with E-state index in [-0.39, 0.29) is 6.04 Å². The van der Waals surface area contributed by atoms with Crippen molar-refractivity contribution in [2.45, 2.75) is 19.3 Å². The quantitative estimate of drug-likeness (QED) is 0.881. The molecule has 1 unspecified atom stereocenters. The summed E-state index contributed by atoms with van der Waals surface area (Å²) in [4.78, 5) is 0. The molecule has 1 aliphatic heterocycles. The van der Waals surface area contributed by atoms with Gasteiger partial charge in [0.1, 0.15) is 0 Å². The molecule has 3 rings (SSSR count). The average molecular weight is 353 g/mol. The van der Waals surface area contributed by atoms with Crippen LogP contribution in [0, 0.1) is 0 Å². The molecule has 2 nitrogen and oxygen atoms in total. The Morgan fingerprint density at radius 2 is 1.95 bits per heavy atom. The summed E-state index contributed by atoms with van der Waals surface area (Å²) >= 11 is 9.74. The highest BCUT2D eigenvalue weighted by atomic mass is 79.9. The van der Waals surface area contributed by atoms with Gasteiger partial charge in [0.15, 0.2) is 0 Å². The zero-order valence-electron chi connectivity index (χ0n) is 11.1. The Hall–Kier alpha value is -0.870. The van der Waals surface area contributed by atoms with Gasteiger partial charge < -0.3 is 10.1 Å². The van der Waals surface area contributed by atoms with Crippen molar-refractivity contribution >= 4 is 27.5 Å². The van der Waals surface area contributed by atoms with E-state index >= 15 is 0 Å². The number of nitrogens with one attached hydrogen (secondary N) is 1. The molecule has 0 saturated carbocycles. The van der Waals surface area contributed by atoms with Crippen molar-refractivity contribution in [2.75, 3.05) is 7.05 Å². The summed E-state index contributed by atoms with van der Waals surface area (Å²) in [7, 11) is 1.96. The fraction of sp³-hybridized carbons (Fsp3) is 0.250. The third kappa shape index (κ3) is 2.63. The van der Waals surface area contributed by atoms with Crippen LogP contribution in [-0.4, -0.2) is 7.05 Å². The normalized spacial score (nSPS) is 15.2. The van der Waals surface area contributed by atoms with E-state index in [4.69, 9.17) is 16.3 Å². The van der Waals surface area contributed by atoms with Crippen LogP contribution in [0.1, 0.15) is 28.3 Å². The number of hydrogen-bond acceptors (Lipinski definition) is 2. The molecule has 0 radical (unpaired) electrons. The molecule has 0 bridgehead atoms. The molecule has 1 N–H and O–H groups in total. The van der Waals surface area contributed by atoms with Gasteiger partial charge in [0, 0.05) is 9.50 Å². The topological polar surface area (TPSA) is 21.3 Å². The first-order chi connectivity index (χ1) is 9.69. The maximum absolute atomic E-state index is 6.13. The summed E-state index contributed by atoms with van der Waals surface area (Å²) < 4.78 is 6.53. The Kier molecular flexibility index (Phi) is 4.13. The number of hydrogen-bond donors (Lipinski definition) is 1. The Labute approximate surface area is 132 Å². The first-order valence-corrected chi connectivity index (χ1v) is 7.68. The van der Waals surface area contributed by atoms with Crippen LogP contribution in [0.4, 0.5) is 0 Å². The Balaban J connectivity index is 2.03. The maximum atomic E-state index is 6.13. The highest BCUT2D eigenvalue weighted by molar-refractivity contribution is 9.10. The molecule has 2 aromatic rings. The second-order valence-corrected chi connectivity index (χ2v) is 6.20. The minimum Gasteiger partial charge on any atom is -0.372 e. The third-order valence-electron chi connectivity index (χ3n) is 3.64. The first kappa shape index (κ1) is 14.1. The van der Waals surface area contributed by atoms with Gasteiger partial charge in [-0.3, -0.25) is 0 Å². The summed E-state index contributed by atoms with van der Waals surface area (Å²) in [6, 6.07) is 12.5. The molecule has 1 heterocycles. The summed E-state index contributed by atoms with van der Waals surface area (Å²) in [5.41, 5.74) is 4.92. The van der Waals surface area contributed by atoms with E-state index < -0.39 is 0 Å². The highest BCUT2D eigenvalue weighted by Crippen LogP contribution is 2.32. The maximum Gasteiger partial charge on any atom is 0.0725 e. The van der Waals surface area contributed by atoms with Crippen molar-refractivity contribution < 1.29 is 4.74 Å². The number of rotatable bonds is 3. The van der Waals surface area contributed by atoms with E-state index in [0.717, 1.165) is 21.7 Å². The van der Waals surface area contributed by atoms with Crippen LogP contribution in [0.15, 0.2) is 40.9 Å². The molecule has 1 atom stereocenters. The van der Waals surface area contributed by atoms with Crippen LogP contribution in [0.25, 0.3) is 0 Å². The fourth-order valence-corrected chi connectivity index (χ4v) is 3.27. The first-order valence-electron chi connectivity index (χ1n) is 6.50. The van der Waals surface area contributed by atoms with Gasteiger partial charge in [0.2, 0.25) is 0 Å². The predicted molar refractivity (Wildman–Crippen MR) is 85.0 cm³/mol. The van der Waals surface area contributed by atoms with Crippen molar-refractivity contribution in [1.29, 1.82) is 0 Å². The Morgan fingerprint density at radius 3 is 2.75 bits per heavy atom. The second-order valence-electron chi connectivity index (χ2n) is 4.91. The second kappa shape index (κ2) is 5.86. The Bertz CT molecular complexity index is 644. The molecule has 0 amide bonds. The fourth-order valence-electron chi connectivity index (χ4n) is 2.61. The van der Waals surface area contributed by atoms with Crippen molar-refractivity contribution in [3.05, 3.63) is 68.1 Å². The summed E-state index contributed by atoms with van der Waals surface area (Å²) in [6.45, 7) is 1.43. The molecular formula is C16H15BrClNO. The molecule has 0 aliphatic carbocycles. The van der Waals surface area contributed by atoms with Gasteiger partial charge in [0.05, 0.1) is 19.3 Å². The van der Waals surface area contributed by atoms with Crippen LogP contribution in [0.3, 0.4) is 0 Å². The van der Waals surface area contributed by atoms with Crippen LogP contribution < -0.4 is 5.32 Å². The molecule has 2 aromatic carbocycles. The van der Waals surface area contributed by atoms with Gasteiger partial charge in [0.25, 0.3) is 0 Å². The lowest BCUT2D eigenvalue weighted by Gasteiger charge is -2.20. The molecule has 0 aromatic heterocycles. The van der Waals surface area contributed by atoms with Gasteiger partial charge >= 0.3 is 0 Å². The lowest BCUT2D eigenvalue weighted by molar-refractivity contribution is 0.134. The van der Waals surface area contributed by atoms with Gasteiger partial charge in [-0.15, -0.1) is 0 Å². The molecule has 1 aliphatic rings. The third-order valence-corrected chi connectivity index (χ3v) is 4.59. The van der Waals surface area contributed by atoms with Crippen molar-refractivity contribution in [3.8, 4) is 0 Å². The van der Waals surface area contributed by atoms with Crippen LogP contribution in [0.2, 0.25) is 5.02 Å². The smallest absolute Gasteiger partial charge is 0.0725 e. The van der Waals surface area contributed by atoms with Crippen LogP contribution >= 0.6 is 27.5 Å². The summed E-state index contributed by atoms with van der Waals surface area (Å²) in [5, 5.41) is 4.11. The standard InChI is InChI=1S/C16H15BrClNO/c1-19-16(14-7-13(18)4-5-15(14)17)10-2-3-11-8-20-9-12(11)6-10/h2-7,16,19H,8-9H2,1H3. The van der Waals surface area contributed by atoms with Crippen molar-refractivity contribution in [1.82, 2.24) is 5.32 Å². The lowest BCUT2D eigenvalue weighted by Crippen LogP contribution is -2.18. The van der Waals surface area contributed by atoms with Gasteiger partial charge in [-0.2, -0.15) is 0 Å². The number of benzene rings is 2. The minimum atomic E-state index is 0.106. The minimum absolute atomic E-state index is 0.106. The molecular weight excluding hydrogens is 338 g/mol. The summed E-state index contributed by atoms with van der Waals surface area (Å²) in [6.07, 6.45) is 0. The summed E-state index contributed by atoms with van der Waals surface area (Å²) in [5.74, 6) is 0. The van der Waals surface area contributed by atoms with Crippen molar-refractivity contribution in [2.24, 2.45) is 0 Å². The SMILES string of the molecule is CNC(c1ccc2c(c1)COC2)c1cc(Cl)ccc1Br. The molecule has 4 heteroatoms. The van der Waals surface area contributed by atoms with Crippen LogP contribution in [0.5, 0.6) is 0 Å².